The molecule has 1 amide bonds. The van der Waals surface area contributed by atoms with Crippen LogP contribution in [0, 0.1) is 10.1 Å². The average molecular weight is 382 g/mol. The maximum absolute atomic E-state index is 12.1. The quantitative estimate of drug-likeness (QED) is 0.288. The molecule has 142 valence electrons. The number of nitrogens with one attached hydrogen (secondary N) is 1. The van der Waals surface area contributed by atoms with Gasteiger partial charge < -0.3 is 14.5 Å². The lowest BCUT2D eigenvalue weighted by atomic mass is 10.2. The fourth-order valence-electron chi connectivity index (χ4n) is 2.40. The summed E-state index contributed by atoms with van der Waals surface area (Å²) in [6, 6.07) is 13.7. The zero-order valence-corrected chi connectivity index (χ0v) is 14.4. The van der Waals surface area contributed by atoms with Gasteiger partial charge in [-0.1, -0.05) is 24.3 Å². The lowest BCUT2D eigenvalue weighted by Crippen LogP contribution is -2.31. The van der Waals surface area contributed by atoms with Crippen LogP contribution in [0.25, 0.3) is 11.0 Å². The maximum atomic E-state index is 12.1. The van der Waals surface area contributed by atoms with Gasteiger partial charge in [0.15, 0.2) is 12.4 Å². The number of esters is 1. The van der Waals surface area contributed by atoms with Crippen LogP contribution in [0.1, 0.15) is 20.9 Å². The highest BCUT2D eigenvalue weighted by molar-refractivity contribution is 5.99. The van der Waals surface area contributed by atoms with Gasteiger partial charge in [-0.2, -0.15) is 0 Å². The topological polar surface area (TPSA) is 129 Å². The molecule has 3 aromatic rings. The molecular weight excluding hydrogens is 368 g/mol. The van der Waals surface area contributed by atoms with Gasteiger partial charge in [-0.3, -0.25) is 24.5 Å². The van der Waals surface area contributed by atoms with E-state index in [0.29, 0.717) is 5.58 Å². The third kappa shape index (κ3) is 4.39. The summed E-state index contributed by atoms with van der Waals surface area (Å²) in [5.41, 5.74) is 0.327. The first-order valence-corrected chi connectivity index (χ1v) is 8.14. The number of nitrogens with zero attached hydrogens (tertiary/aromatic N) is 1. The summed E-state index contributed by atoms with van der Waals surface area (Å²) in [5.74, 6) is -1.96. The summed E-state index contributed by atoms with van der Waals surface area (Å²) in [5, 5.41) is 13.8. The van der Waals surface area contributed by atoms with Gasteiger partial charge in [-0.05, 0) is 18.2 Å². The van der Waals surface area contributed by atoms with Crippen molar-refractivity contribution in [3.63, 3.8) is 0 Å². The molecule has 0 radical (unpaired) electrons. The molecule has 1 aromatic heterocycles. The monoisotopic (exact) mass is 382 g/mol. The molecule has 0 saturated carbocycles. The molecule has 0 aliphatic heterocycles. The second kappa shape index (κ2) is 8.12. The van der Waals surface area contributed by atoms with Crippen LogP contribution in [-0.4, -0.2) is 35.7 Å². The molecule has 0 bridgehead atoms. The van der Waals surface area contributed by atoms with Crippen molar-refractivity contribution in [2.45, 2.75) is 0 Å². The van der Waals surface area contributed by atoms with E-state index in [1.54, 1.807) is 30.3 Å². The highest BCUT2D eigenvalue weighted by Gasteiger charge is 2.16. The first-order chi connectivity index (χ1) is 13.4. The Morgan fingerprint density at radius 3 is 2.61 bits per heavy atom. The number of non-ortho nitro benzene ring substituents is 1. The number of nitro groups is 1. The van der Waals surface area contributed by atoms with Crippen LogP contribution in [0.3, 0.4) is 0 Å². The molecule has 3 rings (SSSR count). The van der Waals surface area contributed by atoms with E-state index in [0.717, 1.165) is 11.5 Å². The van der Waals surface area contributed by atoms with E-state index in [-0.39, 0.29) is 17.0 Å². The molecule has 9 nitrogen and oxygen atoms in total. The van der Waals surface area contributed by atoms with Crippen LogP contribution in [0.2, 0.25) is 0 Å². The highest BCUT2D eigenvalue weighted by atomic mass is 16.6. The van der Waals surface area contributed by atoms with E-state index in [4.69, 9.17) is 9.15 Å². The van der Waals surface area contributed by atoms with Crippen LogP contribution in [0.15, 0.2) is 59.0 Å². The summed E-state index contributed by atoms with van der Waals surface area (Å²) in [6.45, 7) is -1.03. The Morgan fingerprint density at radius 2 is 1.86 bits per heavy atom. The fourth-order valence-corrected chi connectivity index (χ4v) is 2.40. The fraction of sp³-hybridized carbons (Fsp3) is 0.105. The molecule has 1 heterocycles. The Labute approximate surface area is 158 Å². The summed E-state index contributed by atoms with van der Waals surface area (Å²) >= 11 is 0. The van der Waals surface area contributed by atoms with Gasteiger partial charge in [0.25, 0.3) is 11.6 Å². The second-order valence-corrected chi connectivity index (χ2v) is 5.72. The lowest BCUT2D eigenvalue weighted by molar-refractivity contribution is -0.384. The molecule has 0 atom stereocenters. The van der Waals surface area contributed by atoms with E-state index in [1.165, 1.54) is 18.2 Å². The number of fused-ring (bicyclic) bond motifs is 1. The van der Waals surface area contributed by atoms with Gasteiger partial charge in [-0.15, -0.1) is 0 Å². The van der Waals surface area contributed by atoms with E-state index >= 15 is 0 Å². The molecule has 0 spiro atoms. The summed E-state index contributed by atoms with van der Waals surface area (Å²) in [6.07, 6.45) is 0. The highest BCUT2D eigenvalue weighted by Crippen LogP contribution is 2.19. The molecule has 9 heteroatoms. The van der Waals surface area contributed by atoms with Gasteiger partial charge in [0, 0.05) is 23.1 Å². The van der Waals surface area contributed by atoms with Crippen molar-refractivity contribution in [2.75, 3.05) is 13.2 Å². The number of ether oxygens (including phenoxy) is 1. The molecule has 0 saturated heterocycles. The minimum absolute atomic E-state index is 0.0281. The number of hydrogen-bond acceptors (Lipinski definition) is 7. The number of amides is 1. The molecule has 0 unspecified atom stereocenters. The van der Waals surface area contributed by atoms with Gasteiger partial charge in [0.1, 0.15) is 12.1 Å². The van der Waals surface area contributed by atoms with Crippen molar-refractivity contribution in [1.29, 1.82) is 0 Å². The SMILES string of the molecule is O=C(CNC(=O)c1cccc([N+](=O)[O-])c1)OCC(=O)c1cc2ccccc2o1. The molecule has 0 fully saturated rings. The van der Waals surface area contributed by atoms with Gasteiger partial charge in [-0.25, -0.2) is 0 Å². The minimum atomic E-state index is -0.830. The number of ketones is 1. The van der Waals surface area contributed by atoms with Crippen LogP contribution in [-0.2, 0) is 9.53 Å². The third-order valence-electron chi connectivity index (χ3n) is 3.78. The number of Topliss-reactive ketones (excluding diaryl/α,β-unsaturated/α-hetero) is 1. The summed E-state index contributed by atoms with van der Waals surface area (Å²) in [7, 11) is 0. The number of furan rings is 1. The van der Waals surface area contributed by atoms with Crippen LogP contribution in [0.5, 0.6) is 0 Å². The van der Waals surface area contributed by atoms with Crippen molar-refractivity contribution < 1.29 is 28.5 Å². The second-order valence-electron chi connectivity index (χ2n) is 5.72. The van der Waals surface area contributed by atoms with Crippen LogP contribution < -0.4 is 5.32 Å². The molecule has 0 aliphatic carbocycles. The molecular formula is C19H14N2O7. The molecule has 0 aliphatic rings. The Kier molecular flexibility index (Phi) is 5.45. The number of benzene rings is 2. The zero-order chi connectivity index (χ0) is 20.1. The van der Waals surface area contributed by atoms with Crippen LogP contribution >= 0.6 is 0 Å². The number of hydrogen-bond donors (Lipinski definition) is 1. The van der Waals surface area contributed by atoms with E-state index < -0.39 is 35.7 Å². The first kappa shape index (κ1) is 18.8. The first-order valence-electron chi connectivity index (χ1n) is 8.14. The number of rotatable bonds is 7. The van der Waals surface area contributed by atoms with Crippen molar-refractivity contribution in [3.05, 3.63) is 76.0 Å². The normalized spacial score (nSPS) is 10.4. The Morgan fingerprint density at radius 1 is 1.07 bits per heavy atom. The Hall–Kier alpha value is -4.01. The Bertz CT molecular complexity index is 1040. The van der Waals surface area contributed by atoms with E-state index in [9.17, 15) is 24.5 Å². The van der Waals surface area contributed by atoms with E-state index in [1.807, 2.05) is 0 Å². The third-order valence-corrected chi connectivity index (χ3v) is 3.78. The molecule has 28 heavy (non-hydrogen) atoms. The van der Waals surface area contributed by atoms with E-state index in [2.05, 4.69) is 5.32 Å². The van der Waals surface area contributed by atoms with Gasteiger partial charge in [0.05, 0.1) is 4.92 Å². The van der Waals surface area contributed by atoms with Crippen molar-refractivity contribution in [3.8, 4) is 0 Å². The van der Waals surface area contributed by atoms with Crippen LogP contribution in [0.4, 0.5) is 5.69 Å². The predicted molar refractivity (Wildman–Crippen MR) is 96.9 cm³/mol. The molecule has 1 N–H and O–H groups in total. The predicted octanol–water partition coefficient (Wildman–Crippen LogP) is 2.50. The Balaban J connectivity index is 1.50. The minimum Gasteiger partial charge on any atom is -0.456 e. The van der Waals surface area contributed by atoms with Crippen molar-refractivity contribution in [2.24, 2.45) is 0 Å². The van der Waals surface area contributed by atoms with Crippen molar-refractivity contribution in [1.82, 2.24) is 5.32 Å². The largest absolute Gasteiger partial charge is 0.456 e. The number of nitro benzene ring substituents is 1. The summed E-state index contributed by atoms with van der Waals surface area (Å²) in [4.78, 5) is 45.8. The molecule has 2 aromatic carbocycles. The number of para-hydroxylation sites is 1. The smallest absolute Gasteiger partial charge is 0.325 e. The van der Waals surface area contributed by atoms with Gasteiger partial charge >= 0.3 is 5.97 Å². The lowest BCUT2D eigenvalue weighted by Gasteiger charge is -2.05. The van der Waals surface area contributed by atoms with Crippen molar-refractivity contribution >= 4 is 34.3 Å². The number of carbonyl (C=O) groups excluding carboxylic acids is 3. The van der Waals surface area contributed by atoms with Gasteiger partial charge in [0.2, 0.25) is 5.78 Å². The average Bonchev–Trinajstić information content (AvgIpc) is 3.14. The number of carbonyl (C=O) groups is 3. The maximum Gasteiger partial charge on any atom is 0.325 e. The summed E-state index contributed by atoms with van der Waals surface area (Å²) < 4.78 is 10.2. The standard InChI is InChI=1S/C19H14N2O7/c22-15(17-9-12-4-1-2-7-16(12)28-17)11-27-18(23)10-20-19(24)13-5-3-6-14(8-13)21(25)26/h1-9H,10-11H2,(H,20,24). The zero-order valence-electron chi connectivity index (χ0n) is 14.4.